The Morgan fingerprint density at radius 3 is 2.79 bits per heavy atom. The molecule has 1 aromatic rings. The summed E-state index contributed by atoms with van der Waals surface area (Å²) in [5, 5.41) is 3.49. The Morgan fingerprint density at radius 2 is 2.05 bits per heavy atom. The van der Waals surface area contributed by atoms with Crippen LogP contribution in [0.5, 0.6) is 0 Å². The predicted molar refractivity (Wildman–Crippen MR) is 76.2 cm³/mol. The summed E-state index contributed by atoms with van der Waals surface area (Å²) in [6.45, 7) is 7.37. The summed E-state index contributed by atoms with van der Waals surface area (Å²) in [5.74, 6) is 0.196. The number of nitrogens with one attached hydrogen (secondary N) is 1. The molecule has 1 fully saturated rings. The molecule has 0 aromatic heterocycles. The van der Waals surface area contributed by atoms with Crippen molar-refractivity contribution in [3.8, 4) is 0 Å². The minimum Gasteiger partial charge on any atom is -0.384 e. The number of piperazine rings is 1. The quantitative estimate of drug-likeness (QED) is 0.870. The second kappa shape index (κ2) is 5.21. The summed E-state index contributed by atoms with van der Waals surface area (Å²) in [6.07, 6.45) is 1.14. The maximum absolute atomic E-state index is 11.3. The van der Waals surface area contributed by atoms with Gasteiger partial charge in [-0.2, -0.15) is 0 Å². The van der Waals surface area contributed by atoms with Gasteiger partial charge < -0.3 is 10.2 Å². The molecule has 4 heteroatoms. The van der Waals surface area contributed by atoms with Gasteiger partial charge in [-0.3, -0.25) is 9.69 Å². The van der Waals surface area contributed by atoms with E-state index in [1.165, 1.54) is 16.8 Å². The van der Waals surface area contributed by atoms with E-state index in [1.54, 1.807) is 6.92 Å². The van der Waals surface area contributed by atoms with Gasteiger partial charge in [-0.15, -0.1) is 0 Å². The molecule has 0 unspecified atom stereocenters. The van der Waals surface area contributed by atoms with E-state index in [1.807, 2.05) is 4.90 Å². The Bertz CT molecular complexity index is 478. The number of hydrogen-bond donors (Lipinski definition) is 1. The Morgan fingerprint density at radius 1 is 1.26 bits per heavy atom. The van der Waals surface area contributed by atoms with E-state index >= 15 is 0 Å². The third-order valence-electron chi connectivity index (χ3n) is 4.14. The summed E-state index contributed by atoms with van der Waals surface area (Å²) in [4.78, 5) is 15.7. The molecule has 1 aromatic carbocycles. The molecule has 2 aliphatic heterocycles. The lowest BCUT2D eigenvalue weighted by molar-refractivity contribution is -0.130. The summed E-state index contributed by atoms with van der Waals surface area (Å²) < 4.78 is 0. The minimum atomic E-state index is 0.196. The number of anilines is 1. The van der Waals surface area contributed by atoms with Crippen molar-refractivity contribution in [2.45, 2.75) is 19.9 Å². The summed E-state index contributed by atoms with van der Waals surface area (Å²) in [6, 6.07) is 6.59. The third-order valence-corrected chi connectivity index (χ3v) is 4.14. The molecule has 2 aliphatic rings. The molecule has 3 rings (SSSR count). The first-order valence-electron chi connectivity index (χ1n) is 7.06. The van der Waals surface area contributed by atoms with Crippen LogP contribution in [-0.2, 0) is 17.8 Å². The van der Waals surface area contributed by atoms with Crippen molar-refractivity contribution in [3.05, 3.63) is 29.3 Å². The molecule has 2 heterocycles. The number of carbonyl (C=O) groups is 1. The van der Waals surface area contributed by atoms with E-state index in [9.17, 15) is 4.79 Å². The van der Waals surface area contributed by atoms with Crippen molar-refractivity contribution in [1.82, 2.24) is 9.80 Å². The number of para-hydroxylation sites is 1. The van der Waals surface area contributed by atoms with E-state index < -0.39 is 0 Å². The average molecular weight is 259 g/mol. The molecular formula is C15H21N3O. The van der Waals surface area contributed by atoms with Gasteiger partial charge in [0.1, 0.15) is 0 Å². The first kappa shape index (κ1) is 12.5. The second-order valence-electron chi connectivity index (χ2n) is 5.41. The van der Waals surface area contributed by atoms with Crippen LogP contribution in [0, 0.1) is 0 Å². The SMILES string of the molecule is CC(=O)N1CCN(Cc2cccc3c2NCC3)CC1. The number of rotatable bonds is 2. The van der Waals surface area contributed by atoms with Crippen molar-refractivity contribution in [2.24, 2.45) is 0 Å². The predicted octanol–water partition coefficient (Wildman–Crippen LogP) is 1.32. The lowest BCUT2D eigenvalue weighted by Gasteiger charge is -2.34. The monoisotopic (exact) mass is 259 g/mol. The normalized spacial score (nSPS) is 19.1. The molecule has 0 saturated carbocycles. The standard InChI is InChI=1S/C15H21N3O/c1-12(19)18-9-7-17(8-10-18)11-14-4-2-3-13-5-6-16-15(13)14/h2-4,16H,5-11H2,1H3. The molecule has 1 amide bonds. The first-order valence-corrected chi connectivity index (χ1v) is 7.06. The zero-order valence-corrected chi connectivity index (χ0v) is 11.5. The van der Waals surface area contributed by atoms with Crippen molar-refractivity contribution >= 4 is 11.6 Å². The number of amides is 1. The topological polar surface area (TPSA) is 35.6 Å². The highest BCUT2D eigenvalue weighted by Crippen LogP contribution is 2.27. The zero-order valence-electron chi connectivity index (χ0n) is 11.5. The fraction of sp³-hybridized carbons (Fsp3) is 0.533. The molecular weight excluding hydrogens is 238 g/mol. The highest BCUT2D eigenvalue weighted by atomic mass is 16.2. The van der Waals surface area contributed by atoms with Gasteiger partial charge in [0.25, 0.3) is 0 Å². The van der Waals surface area contributed by atoms with Crippen LogP contribution in [0.15, 0.2) is 18.2 Å². The van der Waals surface area contributed by atoms with E-state index in [-0.39, 0.29) is 5.91 Å². The van der Waals surface area contributed by atoms with Gasteiger partial charge in [0, 0.05) is 51.9 Å². The van der Waals surface area contributed by atoms with Gasteiger partial charge in [-0.05, 0) is 17.5 Å². The highest BCUT2D eigenvalue weighted by Gasteiger charge is 2.20. The van der Waals surface area contributed by atoms with Crippen LogP contribution in [0.3, 0.4) is 0 Å². The summed E-state index contributed by atoms with van der Waals surface area (Å²) in [7, 11) is 0. The lowest BCUT2D eigenvalue weighted by atomic mass is 10.1. The lowest BCUT2D eigenvalue weighted by Crippen LogP contribution is -2.47. The van der Waals surface area contributed by atoms with Crippen LogP contribution in [0.1, 0.15) is 18.1 Å². The van der Waals surface area contributed by atoms with Crippen molar-refractivity contribution < 1.29 is 4.79 Å². The van der Waals surface area contributed by atoms with Crippen LogP contribution in [0.4, 0.5) is 5.69 Å². The first-order chi connectivity index (χ1) is 9.24. The molecule has 102 valence electrons. The molecule has 1 N–H and O–H groups in total. The maximum atomic E-state index is 11.3. The molecule has 19 heavy (non-hydrogen) atoms. The number of nitrogens with zero attached hydrogens (tertiary/aromatic N) is 2. The van der Waals surface area contributed by atoms with Crippen LogP contribution in [0.2, 0.25) is 0 Å². The van der Waals surface area contributed by atoms with Crippen LogP contribution in [-0.4, -0.2) is 48.4 Å². The van der Waals surface area contributed by atoms with Gasteiger partial charge in [0.15, 0.2) is 0 Å². The molecule has 0 radical (unpaired) electrons. The van der Waals surface area contributed by atoms with Crippen molar-refractivity contribution in [1.29, 1.82) is 0 Å². The number of benzene rings is 1. The van der Waals surface area contributed by atoms with E-state index in [0.29, 0.717) is 0 Å². The Hall–Kier alpha value is -1.55. The van der Waals surface area contributed by atoms with E-state index in [2.05, 4.69) is 28.4 Å². The Balaban J connectivity index is 1.64. The van der Waals surface area contributed by atoms with Gasteiger partial charge in [0.2, 0.25) is 5.91 Å². The highest BCUT2D eigenvalue weighted by molar-refractivity contribution is 5.73. The number of hydrogen-bond acceptors (Lipinski definition) is 3. The van der Waals surface area contributed by atoms with Gasteiger partial charge in [-0.25, -0.2) is 0 Å². The van der Waals surface area contributed by atoms with Gasteiger partial charge in [0.05, 0.1) is 0 Å². The van der Waals surface area contributed by atoms with Crippen LogP contribution < -0.4 is 5.32 Å². The second-order valence-corrected chi connectivity index (χ2v) is 5.41. The van der Waals surface area contributed by atoms with Crippen LogP contribution in [0.25, 0.3) is 0 Å². The van der Waals surface area contributed by atoms with Gasteiger partial charge in [-0.1, -0.05) is 18.2 Å². The number of fused-ring (bicyclic) bond motifs is 1. The molecule has 0 spiro atoms. The fourth-order valence-electron chi connectivity index (χ4n) is 3.00. The van der Waals surface area contributed by atoms with E-state index in [4.69, 9.17) is 0 Å². The maximum Gasteiger partial charge on any atom is 0.219 e. The minimum absolute atomic E-state index is 0.196. The van der Waals surface area contributed by atoms with Gasteiger partial charge >= 0.3 is 0 Å². The molecule has 0 bridgehead atoms. The molecule has 4 nitrogen and oxygen atoms in total. The molecule has 0 aliphatic carbocycles. The Labute approximate surface area is 114 Å². The van der Waals surface area contributed by atoms with E-state index in [0.717, 1.165) is 45.7 Å². The fourth-order valence-corrected chi connectivity index (χ4v) is 3.00. The smallest absolute Gasteiger partial charge is 0.219 e. The largest absolute Gasteiger partial charge is 0.384 e. The third kappa shape index (κ3) is 2.59. The number of carbonyl (C=O) groups excluding carboxylic acids is 1. The zero-order chi connectivity index (χ0) is 13.2. The average Bonchev–Trinajstić information content (AvgIpc) is 2.89. The molecule has 0 atom stereocenters. The van der Waals surface area contributed by atoms with Crippen molar-refractivity contribution in [2.75, 3.05) is 38.0 Å². The Kier molecular flexibility index (Phi) is 3.42. The molecule has 1 saturated heterocycles. The van der Waals surface area contributed by atoms with Crippen molar-refractivity contribution in [3.63, 3.8) is 0 Å². The van der Waals surface area contributed by atoms with Crippen LogP contribution >= 0.6 is 0 Å². The summed E-state index contributed by atoms with van der Waals surface area (Å²) in [5.41, 5.74) is 4.18. The summed E-state index contributed by atoms with van der Waals surface area (Å²) >= 11 is 0.